The molecular formula is C20H22N6O. The van der Waals surface area contributed by atoms with E-state index in [1.54, 1.807) is 24.5 Å². The van der Waals surface area contributed by atoms with Crippen LogP contribution in [0.1, 0.15) is 40.8 Å². The van der Waals surface area contributed by atoms with Gasteiger partial charge in [0.05, 0.1) is 6.54 Å². The van der Waals surface area contributed by atoms with Gasteiger partial charge in [-0.1, -0.05) is 12.1 Å². The summed E-state index contributed by atoms with van der Waals surface area (Å²) in [5.41, 5.74) is 1.38. The average molecular weight is 362 g/mol. The molecule has 3 aromatic heterocycles. The van der Waals surface area contributed by atoms with Gasteiger partial charge in [0.1, 0.15) is 17.3 Å². The Kier molecular flexibility index (Phi) is 5.20. The van der Waals surface area contributed by atoms with Crippen LogP contribution in [0.4, 0.5) is 5.82 Å². The van der Waals surface area contributed by atoms with E-state index in [4.69, 9.17) is 0 Å². The Morgan fingerprint density at radius 1 is 1.19 bits per heavy atom. The van der Waals surface area contributed by atoms with Crippen LogP contribution in [-0.4, -0.2) is 43.8 Å². The molecule has 1 saturated heterocycles. The Morgan fingerprint density at radius 2 is 2.15 bits per heavy atom. The number of hydrogen-bond donors (Lipinski definition) is 2. The molecule has 7 nitrogen and oxygen atoms in total. The molecule has 4 heterocycles. The number of likely N-dealkylation sites (tertiary alicyclic amines) is 1. The third-order valence-electron chi connectivity index (χ3n) is 4.76. The molecule has 0 spiro atoms. The number of amides is 1. The first-order valence-corrected chi connectivity index (χ1v) is 9.18. The summed E-state index contributed by atoms with van der Waals surface area (Å²) >= 11 is 0. The van der Waals surface area contributed by atoms with Crippen LogP contribution < -0.4 is 5.32 Å². The van der Waals surface area contributed by atoms with E-state index in [0.29, 0.717) is 17.4 Å². The van der Waals surface area contributed by atoms with Crippen molar-refractivity contribution in [3.63, 3.8) is 0 Å². The molecular weight excluding hydrogens is 340 g/mol. The number of imidazole rings is 1. The molecule has 0 unspecified atom stereocenters. The third-order valence-corrected chi connectivity index (χ3v) is 4.76. The lowest BCUT2D eigenvalue weighted by Gasteiger charge is -2.31. The van der Waals surface area contributed by atoms with E-state index in [2.05, 4.69) is 30.2 Å². The minimum atomic E-state index is -0.237. The summed E-state index contributed by atoms with van der Waals surface area (Å²) in [5, 5.41) is 2.79. The quantitative estimate of drug-likeness (QED) is 0.729. The van der Waals surface area contributed by atoms with Gasteiger partial charge in [0.15, 0.2) is 0 Å². The van der Waals surface area contributed by atoms with Gasteiger partial charge >= 0.3 is 0 Å². The number of pyridine rings is 2. The molecule has 0 aromatic carbocycles. The number of carbonyl (C=O) groups is 1. The number of piperidine rings is 1. The summed E-state index contributed by atoms with van der Waals surface area (Å²) in [6.07, 6.45) is 7.46. The zero-order valence-electron chi connectivity index (χ0n) is 15.0. The first-order valence-electron chi connectivity index (χ1n) is 9.18. The lowest BCUT2D eigenvalue weighted by atomic mass is 9.94. The maximum atomic E-state index is 12.5. The van der Waals surface area contributed by atoms with Crippen molar-refractivity contribution in [1.82, 2.24) is 24.8 Å². The second kappa shape index (κ2) is 8.09. The zero-order chi connectivity index (χ0) is 18.5. The molecule has 0 bridgehead atoms. The van der Waals surface area contributed by atoms with Crippen molar-refractivity contribution in [2.45, 2.75) is 25.3 Å². The van der Waals surface area contributed by atoms with Gasteiger partial charge in [-0.25, -0.2) is 15.0 Å². The van der Waals surface area contributed by atoms with Gasteiger partial charge in [-0.15, -0.1) is 0 Å². The highest BCUT2D eigenvalue weighted by molar-refractivity contribution is 6.02. The van der Waals surface area contributed by atoms with Gasteiger partial charge in [-0.3, -0.25) is 9.69 Å². The van der Waals surface area contributed by atoms with Gasteiger partial charge in [-0.2, -0.15) is 0 Å². The summed E-state index contributed by atoms with van der Waals surface area (Å²) in [4.78, 5) is 31.1. The Bertz CT molecular complexity index is 881. The van der Waals surface area contributed by atoms with E-state index in [1.165, 1.54) is 0 Å². The highest BCUT2D eigenvalue weighted by atomic mass is 16.1. The van der Waals surface area contributed by atoms with E-state index in [1.807, 2.05) is 30.5 Å². The van der Waals surface area contributed by atoms with Gasteiger partial charge < -0.3 is 10.3 Å². The molecule has 7 heteroatoms. The molecule has 138 valence electrons. The largest absolute Gasteiger partial charge is 0.348 e. The molecule has 1 atom stereocenters. The van der Waals surface area contributed by atoms with E-state index in [0.717, 1.165) is 44.0 Å². The number of nitrogens with zero attached hydrogens (tertiary/aromatic N) is 4. The second-order valence-corrected chi connectivity index (χ2v) is 6.73. The van der Waals surface area contributed by atoms with Crippen molar-refractivity contribution in [1.29, 1.82) is 0 Å². The maximum absolute atomic E-state index is 12.5. The van der Waals surface area contributed by atoms with Crippen molar-refractivity contribution in [3.8, 4) is 0 Å². The number of carbonyl (C=O) groups excluding carboxylic acids is 1. The van der Waals surface area contributed by atoms with Crippen LogP contribution in [0.25, 0.3) is 0 Å². The summed E-state index contributed by atoms with van der Waals surface area (Å²) in [7, 11) is 0. The summed E-state index contributed by atoms with van der Waals surface area (Å²) in [6.45, 7) is 2.78. The zero-order valence-corrected chi connectivity index (χ0v) is 15.0. The Balaban J connectivity index is 1.44. The van der Waals surface area contributed by atoms with Gasteiger partial charge in [0.2, 0.25) is 0 Å². The normalized spacial score (nSPS) is 17.6. The predicted molar refractivity (Wildman–Crippen MR) is 102 cm³/mol. The van der Waals surface area contributed by atoms with Crippen molar-refractivity contribution in [2.75, 3.05) is 18.4 Å². The molecule has 1 amide bonds. The van der Waals surface area contributed by atoms with Crippen LogP contribution in [0.2, 0.25) is 0 Å². The monoisotopic (exact) mass is 362 g/mol. The molecule has 1 fully saturated rings. The number of aromatic nitrogens is 4. The van der Waals surface area contributed by atoms with Crippen LogP contribution >= 0.6 is 0 Å². The van der Waals surface area contributed by atoms with Crippen molar-refractivity contribution >= 4 is 11.7 Å². The number of aromatic amines is 1. The maximum Gasteiger partial charge on any atom is 0.275 e. The number of rotatable bonds is 5. The Morgan fingerprint density at radius 3 is 2.96 bits per heavy atom. The molecule has 27 heavy (non-hydrogen) atoms. The standard InChI is InChI=1S/C20H22N6O/c27-20(25-18-8-1-2-9-21-18)17-7-3-6-16(24-17)15-5-4-12-26(13-15)14-19-22-10-11-23-19/h1-3,6-11,15H,4-5,12-14H2,(H,22,23)(H,21,25,27)/t15-/m1/s1. The first-order chi connectivity index (χ1) is 13.3. The highest BCUT2D eigenvalue weighted by Crippen LogP contribution is 2.26. The second-order valence-electron chi connectivity index (χ2n) is 6.73. The van der Waals surface area contributed by atoms with E-state index < -0.39 is 0 Å². The third kappa shape index (κ3) is 4.38. The summed E-state index contributed by atoms with van der Waals surface area (Å²) in [5.74, 6) is 1.58. The topological polar surface area (TPSA) is 86.8 Å². The number of anilines is 1. The van der Waals surface area contributed by atoms with E-state index >= 15 is 0 Å². The summed E-state index contributed by atoms with van der Waals surface area (Å²) in [6, 6.07) is 11.1. The first kappa shape index (κ1) is 17.4. The minimum Gasteiger partial charge on any atom is -0.348 e. The van der Waals surface area contributed by atoms with Crippen LogP contribution in [0.15, 0.2) is 55.0 Å². The van der Waals surface area contributed by atoms with Crippen LogP contribution in [-0.2, 0) is 6.54 Å². The average Bonchev–Trinajstić information content (AvgIpc) is 3.22. The van der Waals surface area contributed by atoms with Crippen LogP contribution in [0, 0.1) is 0 Å². The van der Waals surface area contributed by atoms with Gasteiger partial charge in [-0.05, 0) is 43.7 Å². The Hall–Kier alpha value is -3.06. The SMILES string of the molecule is O=C(Nc1ccccn1)c1cccc([C@@H]2CCCN(Cc3ncc[nH]3)C2)n1. The molecule has 2 N–H and O–H groups in total. The lowest BCUT2D eigenvalue weighted by molar-refractivity contribution is 0.102. The summed E-state index contributed by atoms with van der Waals surface area (Å²) < 4.78 is 0. The molecule has 0 aliphatic carbocycles. The van der Waals surface area contributed by atoms with Crippen LogP contribution in [0.3, 0.4) is 0 Å². The molecule has 1 aliphatic heterocycles. The molecule has 1 aliphatic rings. The van der Waals surface area contributed by atoms with Crippen molar-refractivity contribution in [3.05, 3.63) is 72.2 Å². The fourth-order valence-electron chi connectivity index (χ4n) is 3.46. The molecule has 3 aromatic rings. The van der Waals surface area contributed by atoms with Crippen molar-refractivity contribution < 1.29 is 4.79 Å². The fraction of sp³-hybridized carbons (Fsp3) is 0.300. The predicted octanol–water partition coefficient (Wildman–Crippen LogP) is 2.83. The minimum absolute atomic E-state index is 0.237. The molecule has 0 saturated carbocycles. The smallest absolute Gasteiger partial charge is 0.275 e. The van der Waals surface area contributed by atoms with Crippen molar-refractivity contribution in [2.24, 2.45) is 0 Å². The molecule has 4 rings (SSSR count). The number of hydrogen-bond acceptors (Lipinski definition) is 5. The van der Waals surface area contributed by atoms with Crippen LogP contribution in [0.5, 0.6) is 0 Å². The van der Waals surface area contributed by atoms with E-state index in [9.17, 15) is 4.79 Å². The van der Waals surface area contributed by atoms with E-state index in [-0.39, 0.29) is 5.91 Å². The Labute approximate surface area is 157 Å². The number of H-pyrrole nitrogens is 1. The van der Waals surface area contributed by atoms with Gasteiger partial charge in [0, 0.05) is 36.7 Å². The highest BCUT2D eigenvalue weighted by Gasteiger charge is 2.23. The van der Waals surface area contributed by atoms with Gasteiger partial charge in [0.25, 0.3) is 5.91 Å². The number of nitrogens with one attached hydrogen (secondary N) is 2. The fourth-order valence-corrected chi connectivity index (χ4v) is 3.46. The lowest BCUT2D eigenvalue weighted by Crippen LogP contribution is -2.34. The molecule has 0 radical (unpaired) electrons.